The summed E-state index contributed by atoms with van der Waals surface area (Å²) in [5, 5.41) is 0.778. The van der Waals surface area contributed by atoms with Crippen LogP contribution in [0.25, 0.3) is 0 Å². The Kier molecular flexibility index (Phi) is 4.57. The number of ether oxygens (including phenoxy) is 2. The summed E-state index contributed by atoms with van der Waals surface area (Å²) in [7, 11) is 1.58. The zero-order valence-corrected chi connectivity index (χ0v) is 13.3. The lowest BCUT2D eigenvalue weighted by Crippen LogP contribution is -2.25. The third kappa shape index (κ3) is 3.38. The van der Waals surface area contributed by atoms with Gasteiger partial charge in [0.15, 0.2) is 10.9 Å². The summed E-state index contributed by atoms with van der Waals surface area (Å²) < 4.78 is 10.8. The fraction of sp³-hybridized carbons (Fsp3) is 0.429. The minimum Gasteiger partial charge on any atom is -0.494 e. The largest absolute Gasteiger partial charge is 0.494 e. The van der Waals surface area contributed by atoms with E-state index in [1.165, 1.54) is 11.8 Å². The summed E-state index contributed by atoms with van der Waals surface area (Å²) >= 11 is 1.54. The summed E-state index contributed by atoms with van der Waals surface area (Å²) in [5.41, 5.74) is 0. The molecule has 22 heavy (non-hydrogen) atoms. The second kappa shape index (κ2) is 6.78. The second-order valence-corrected chi connectivity index (χ2v) is 5.55. The molecule has 0 amide bonds. The van der Waals surface area contributed by atoms with Crippen LogP contribution in [0.2, 0.25) is 0 Å². The van der Waals surface area contributed by atoms with Crippen molar-refractivity contribution in [1.29, 1.82) is 0 Å². The van der Waals surface area contributed by atoms with E-state index < -0.39 is 0 Å². The molecule has 116 valence electrons. The minimum atomic E-state index is 0.0566. The summed E-state index contributed by atoms with van der Waals surface area (Å²) in [6.45, 7) is 1.66. The van der Waals surface area contributed by atoms with Gasteiger partial charge in [-0.15, -0.1) is 0 Å². The lowest BCUT2D eigenvalue weighted by molar-refractivity contribution is 0.205. The van der Waals surface area contributed by atoms with Crippen LogP contribution >= 0.6 is 11.8 Å². The monoisotopic (exact) mass is 319 g/mol. The molecule has 0 radical (unpaired) electrons. The van der Waals surface area contributed by atoms with Crippen LogP contribution in [0.15, 0.2) is 29.8 Å². The molecule has 0 aromatic carbocycles. The Labute approximate surface area is 133 Å². The molecule has 2 aromatic heterocycles. The highest BCUT2D eigenvalue weighted by atomic mass is 32.2. The summed E-state index contributed by atoms with van der Waals surface area (Å²) in [6.07, 6.45) is 7.93. The van der Waals surface area contributed by atoms with Crippen LogP contribution in [0.3, 0.4) is 0 Å². The van der Waals surface area contributed by atoms with Crippen molar-refractivity contribution in [1.82, 2.24) is 19.9 Å². The van der Waals surface area contributed by atoms with Gasteiger partial charge < -0.3 is 14.4 Å². The number of anilines is 1. The standard InChI is InChI=1S/C14H17N5O2S/c1-20-11-7-16-13(17-8-11)21-10-4-6-19(9-10)12-3-5-15-14(18-12)22-2/h3,5,7-8,10H,4,6,9H2,1-2H3. The number of nitrogens with zero attached hydrogens (tertiary/aromatic N) is 5. The van der Waals surface area contributed by atoms with E-state index in [4.69, 9.17) is 9.47 Å². The van der Waals surface area contributed by atoms with Crippen molar-refractivity contribution in [3.8, 4) is 11.8 Å². The van der Waals surface area contributed by atoms with Gasteiger partial charge in [-0.1, -0.05) is 11.8 Å². The first-order valence-corrected chi connectivity index (χ1v) is 8.15. The van der Waals surface area contributed by atoms with E-state index >= 15 is 0 Å². The van der Waals surface area contributed by atoms with E-state index in [0.29, 0.717) is 11.8 Å². The molecule has 1 fully saturated rings. The smallest absolute Gasteiger partial charge is 0.316 e. The van der Waals surface area contributed by atoms with E-state index in [2.05, 4.69) is 24.8 Å². The molecule has 1 atom stereocenters. The van der Waals surface area contributed by atoms with Crippen molar-refractivity contribution in [2.24, 2.45) is 0 Å². The van der Waals surface area contributed by atoms with Crippen molar-refractivity contribution in [2.45, 2.75) is 17.7 Å². The van der Waals surface area contributed by atoms with Gasteiger partial charge in [0.25, 0.3) is 0 Å². The van der Waals surface area contributed by atoms with E-state index in [9.17, 15) is 0 Å². The Balaban J connectivity index is 1.61. The maximum atomic E-state index is 5.82. The van der Waals surface area contributed by atoms with E-state index in [0.717, 1.165) is 30.5 Å². The maximum absolute atomic E-state index is 5.82. The zero-order chi connectivity index (χ0) is 15.4. The number of thioether (sulfide) groups is 1. The molecule has 0 N–H and O–H groups in total. The van der Waals surface area contributed by atoms with Crippen molar-refractivity contribution in [3.05, 3.63) is 24.7 Å². The Morgan fingerprint density at radius 1 is 1.27 bits per heavy atom. The molecular formula is C14H17N5O2S. The molecule has 2 aromatic rings. The SMILES string of the molecule is COc1cnc(OC2CCN(c3ccnc(SC)n3)C2)nc1. The number of hydrogen-bond donors (Lipinski definition) is 0. The highest BCUT2D eigenvalue weighted by molar-refractivity contribution is 7.98. The average Bonchev–Trinajstić information content (AvgIpc) is 3.04. The second-order valence-electron chi connectivity index (χ2n) is 4.78. The van der Waals surface area contributed by atoms with Gasteiger partial charge in [-0.3, -0.25) is 0 Å². The van der Waals surface area contributed by atoms with E-state index in [1.54, 1.807) is 25.7 Å². The van der Waals surface area contributed by atoms with Gasteiger partial charge in [0, 0.05) is 19.2 Å². The molecule has 3 heterocycles. The molecule has 3 rings (SSSR count). The van der Waals surface area contributed by atoms with Crippen LogP contribution in [-0.2, 0) is 0 Å². The molecule has 0 spiro atoms. The molecule has 0 bridgehead atoms. The topological polar surface area (TPSA) is 73.3 Å². The zero-order valence-electron chi connectivity index (χ0n) is 12.5. The van der Waals surface area contributed by atoms with Crippen molar-refractivity contribution in [3.63, 3.8) is 0 Å². The normalized spacial score (nSPS) is 17.5. The molecule has 1 aliphatic rings. The van der Waals surface area contributed by atoms with Crippen LogP contribution in [0.5, 0.6) is 11.8 Å². The fourth-order valence-corrected chi connectivity index (χ4v) is 2.61. The number of aromatic nitrogens is 4. The summed E-state index contributed by atoms with van der Waals surface area (Å²) in [5.74, 6) is 1.55. The van der Waals surface area contributed by atoms with Gasteiger partial charge in [0.2, 0.25) is 0 Å². The van der Waals surface area contributed by atoms with Crippen LogP contribution in [-0.4, -0.2) is 52.5 Å². The first kappa shape index (κ1) is 14.8. The van der Waals surface area contributed by atoms with Crippen LogP contribution < -0.4 is 14.4 Å². The molecular weight excluding hydrogens is 302 g/mol. The van der Waals surface area contributed by atoms with E-state index in [1.807, 2.05) is 12.3 Å². The van der Waals surface area contributed by atoms with Gasteiger partial charge in [-0.2, -0.15) is 9.97 Å². The third-order valence-electron chi connectivity index (χ3n) is 3.38. The predicted molar refractivity (Wildman–Crippen MR) is 83.6 cm³/mol. The lowest BCUT2D eigenvalue weighted by atomic mass is 10.3. The average molecular weight is 319 g/mol. The fourth-order valence-electron chi connectivity index (χ4n) is 2.26. The molecule has 0 aliphatic carbocycles. The highest BCUT2D eigenvalue weighted by Crippen LogP contribution is 2.22. The van der Waals surface area contributed by atoms with Crippen LogP contribution in [0.4, 0.5) is 5.82 Å². The van der Waals surface area contributed by atoms with Crippen molar-refractivity contribution < 1.29 is 9.47 Å². The van der Waals surface area contributed by atoms with Gasteiger partial charge in [-0.25, -0.2) is 9.97 Å². The number of hydrogen-bond acceptors (Lipinski definition) is 8. The van der Waals surface area contributed by atoms with Crippen LogP contribution in [0, 0.1) is 0 Å². The van der Waals surface area contributed by atoms with E-state index in [-0.39, 0.29) is 6.10 Å². The number of methoxy groups -OCH3 is 1. The molecule has 0 saturated carbocycles. The highest BCUT2D eigenvalue weighted by Gasteiger charge is 2.26. The molecule has 1 saturated heterocycles. The van der Waals surface area contributed by atoms with Crippen molar-refractivity contribution >= 4 is 17.6 Å². The molecule has 1 unspecified atom stereocenters. The Bertz CT molecular complexity index is 625. The van der Waals surface area contributed by atoms with Crippen LogP contribution in [0.1, 0.15) is 6.42 Å². The maximum Gasteiger partial charge on any atom is 0.316 e. The van der Waals surface area contributed by atoms with Gasteiger partial charge in [0.1, 0.15) is 11.9 Å². The van der Waals surface area contributed by atoms with Gasteiger partial charge in [0.05, 0.1) is 26.0 Å². The Hall–Kier alpha value is -2.09. The Morgan fingerprint density at radius 2 is 2.09 bits per heavy atom. The van der Waals surface area contributed by atoms with Crippen molar-refractivity contribution in [2.75, 3.05) is 31.4 Å². The summed E-state index contributed by atoms with van der Waals surface area (Å²) in [4.78, 5) is 19.2. The quantitative estimate of drug-likeness (QED) is 0.608. The Morgan fingerprint density at radius 3 is 2.82 bits per heavy atom. The number of rotatable bonds is 5. The summed E-state index contributed by atoms with van der Waals surface area (Å²) in [6, 6.07) is 2.30. The molecule has 1 aliphatic heterocycles. The molecule has 7 nitrogen and oxygen atoms in total. The third-order valence-corrected chi connectivity index (χ3v) is 3.94. The first-order chi connectivity index (χ1) is 10.8. The van der Waals surface area contributed by atoms with Gasteiger partial charge >= 0.3 is 6.01 Å². The molecule has 8 heteroatoms. The lowest BCUT2D eigenvalue weighted by Gasteiger charge is -2.17. The van der Waals surface area contributed by atoms with Gasteiger partial charge in [-0.05, 0) is 12.3 Å². The minimum absolute atomic E-state index is 0.0566. The first-order valence-electron chi connectivity index (χ1n) is 6.93. The predicted octanol–water partition coefficient (Wildman–Crippen LogP) is 1.65.